The van der Waals surface area contributed by atoms with Gasteiger partial charge in [0.2, 0.25) is 5.91 Å². The molecule has 0 bridgehead atoms. The summed E-state index contributed by atoms with van der Waals surface area (Å²) in [6, 6.07) is 18.0. The van der Waals surface area contributed by atoms with Gasteiger partial charge in [0.25, 0.3) is 5.91 Å². The third kappa shape index (κ3) is 5.92. The summed E-state index contributed by atoms with van der Waals surface area (Å²) in [5.41, 5.74) is 3.04. The second kappa shape index (κ2) is 10.0. The molecule has 2 amide bonds. The van der Waals surface area contributed by atoms with E-state index in [0.717, 1.165) is 44.7 Å². The maximum atomic E-state index is 12.4. The van der Waals surface area contributed by atoms with E-state index >= 15 is 0 Å². The lowest BCUT2D eigenvalue weighted by Crippen LogP contribution is -2.49. The molecule has 0 unspecified atom stereocenters. The van der Waals surface area contributed by atoms with Gasteiger partial charge in [-0.1, -0.05) is 48.0 Å². The van der Waals surface area contributed by atoms with Gasteiger partial charge in [0.15, 0.2) is 0 Å². The Morgan fingerprint density at radius 2 is 1.71 bits per heavy atom. The first-order chi connectivity index (χ1) is 13.6. The molecule has 5 heteroatoms. The molecule has 5 nitrogen and oxygen atoms in total. The zero-order chi connectivity index (χ0) is 19.8. The second-order valence-corrected chi connectivity index (χ2v) is 7.33. The van der Waals surface area contributed by atoms with Crippen LogP contribution in [0.2, 0.25) is 0 Å². The van der Waals surface area contributed by atoms with Gasteiger partial charge in [0.1, 0.15) is 0 Å². The molecule has 1 heterocycles. The number of piperazine rings is 1. The molecule has 1 fully saturated rings. The number of nitrogens with one attached hydrogen (secondary N) is 1. The van der Waals surface area contributed by atoms with Crippen molar-refractivity contribution in [3.8, 4) is 0 Å². The van der Waals surface area contributed by atoms with E-state index in [1.54, 1.807) is 6.07 Å². The lowest BCUT2D eigenvalue weighted by atomic mass is 10.1. The summed E-state index contributed by atoms with van der Waals surface area (Å²) in [7, 11) is 0. The zero-order valence-corrected chi connectivity index (χ0v) is 16.6. The SMILES string of the molecule is Cc1cccc(C(=O)NCCC(=O)N2CCN(CCc3ccccc3)CC2)c1. The van der Waals surface area contributed by atoms with Gasteiger partial charge in [-0.25, -0.2) is 0 Å². The van der Waals surface area contributed by atoms with Crippen LogP contribution in [-0.4, -0.2) is 60.9 Å². The van der Waals surface area contributed by atoms with E-state index in [4.69, 9.17) is 0 Å². The van der Waals surface area contributed by atoms with Gasteiger partial charge in [-0.05, 0) is 31.0 Å². The molecule has 0 atom stereocenters. The molecule has 0 aromatic heterocycles. The number of carbonyl (C=O) groups excluding carboxylic acids is 2. The van der Waals surface area contributed by atoms with E-state index in [1.807, 2.05) is 36.1 Å². The molecule has 0 aliphatic carbocycles. The Bertz CT molecular complexity index is 783. The van der Waals surface area contributed by atoms with Crippen LogP contribution < -0.4 is 5.32 Å². The molecule has 28 heavy (non-hydrogen) atoms. The summed E-state index contributed by atoms with van der Waals surface area (Å²) < 4.78 is 0. The van der Waals surface area contributed by atoms with E-state index < -0.39 is 0 Å². The van der Waals surface area contributed by atoms with Crippen LogP contribution in [0, 0.1) is 6.92 Å². The highest BCUT2D eigenvalue weighted by molar-refractivity contribution is 5.94. The number of nitrogens with zero attached hydrogens (tertiary/aromatic N) is 2. The molecule has 0 radical (unpaired) electrons. The molecular formula is C23H29N3O2. The first-order valence-corrected chi connectivity index (χ1v) is 10.0. The molecule has 1 N–H and O–H groups in total. The average Bonchev–Trinajstić information content (AvgIpc) is 2.73. The monoisotopic (exact) mass is 379 g/mol. The maximum absolute atomic E-state index is 12.4. The van der Waals surface area contributed by atoms with Crippen LogP contribution >= 0.6 is 0 Å². The number of hydrogen-bond donors (Lipinski definition) is 1. The standard InChI is InChI=1S/C23H29N3O2/c1-19-6-5-9-21(18-19)23(28)24-12-10-22(27)26-16-14-25(15-17-26)13-11-20-7-3-2-4-8-20/h2-9,18H,10-17H2,1H3,(H,24,28). The number of hydrogen-bond acceptors (Lipinski definition) is 3. The Kier molecular flexibility index (Phi) is 7.20. The molecule has 0 spiro atoms. The van der Waals surface area contributed by atoms with E-state index in [0.29, 0.717) is 18.5 Å². The van der Waals surface area contributed by atoms with Gasteiger partial charge < -0.3 is 10.2 Å². The number of benzene rings is 2. The van der Waals surface area contributed by atoms with Crippen molar-refractivity contribution in [2.24, 2.45) is 0 Å². The molecule has 1 saturated heterocycles. The predicted molar refractivity (Wildman–Crippen MR) is 111 cm³/mol. The van der Waals surface area contributed by atoms with E-state index in [-0.39, 0.29) is 11.8 Å². The Morgan fingerprint density at radius 3 is 2.43 bits per heavy atom. The van der Waals surface area contributed by atoms with Crippen molar-refractivity contribution in [3.63, 3.8) is 0 Å². The van der Waals surface area contributed by atoms with Gasteiger partial charge in [-0.3, -0.25) is 14.5 Å². The molecule has 3 rings (SSSR count). The fraction of sp³-hybridized carbons (Fsp3) is 0.391. The van der Waals surface area contributed by atoms with Gasteiger partial charge in [-0.15, -0.1) is 0 Å². The third-order valence-electron chi connectivity index (χ3n) is 5.19. The van der Waals surface area contributed by atoms with Crippen molar-refractivity contribution in [2.45, 2.75) is 19.8 Å². The van der Waals surface area contributed by atoms with Gasteiger partial charge >= 0.3 is 0 Å². The minimum atomic E-state index is -0.123. The number of rotatable bonds is 7. The van der Waals surface area contributed by atoms with Crippen molar-refractivity contribution in [3.05, 3.63) is 71.3 Å². The molecule has 1 aliphatic rings. The summed E-state index contributed by atoms with van der Waals surface area (Å²) in [6.45, 7) is 6.71. The Hall–Kier alpha value is -2.66. The molecule has 2 aromatic carbocycles. The van der Waals surface area contributed by atoms with Crippen molar-refractivity contribution in [1.29, 1.82) is 0 Å². The summed E-state index contributed by atoms with van der Waals surface area (Å²) in [5, 5.41) is 2.85. The number of carbonyl (C=O) groups is 2. The van der Waals surface area contributed by atoms with Crippen molar-refractivity contribution >= 4 is 11.8 Å². The molecule has 148 valence electrons. The van der Waals surface area contributed by atoms with Crippen molar-refractivity contribution in [1.82, 2.24) is 15.1 Å². The minimum Gasteiger partial charge on any atom is -0.352 e. The molecular weight excluding hydrogens is 350 g/mol. The highest BCUT2D eigenvalue weighted by Gasteiger charge is 2.20. The van der Waals surface area contributed by atoms with Crippen LogP contribution in [0.1, 0.15) is 27.9 Å². The number of amides is 2. The Morgan fingerprint density at radius 1 is 0.964 bits per heavy atom. The van der Waals surface area contributed by atoms with Crippen LogP contribution in [0.25, 0.3) is 0 Å². The molecule has 1 aliphatic heterocycles. The molecule has 0 saturated carbocycles. The normalized spacial score (nSPS) is 14.7. The second-order valence-electron chi connectivity index (χ2n) is 7.33. The van der Waals surface area contributed by atoms with Crippen LogP contribution in [0.15, 0.2) is 54.6 Å². The van der Waals surface area contributed by atoms with E-state index in [9.17, 15) is 9.59 Å². The average molecular weight is 380 g/mol. The van der Waals surface area contributed by atoms with Crippen LogP contribution in [0.4, 0.5) is 0 Å². The van der Waals surface area contributed by atoms with Gasteiger partial charge in [0.05, 0.1) is 0 Å². The van der Waals surface area contributed by atoms with E-state index in [1.165, 1.54) is 5.56 Å². The lowest BCUT2D eigenvalue weighted by Gasteiger charge is -2.34. The van der Waals surface area contributed by atoms with E-state index in [2.05, 4.69) is 34.5 Å². The van der Waals surface area contributed by atoms with Gasteiger partial charge in [0, 0.05) is 51.3 Å². The Balaban J connectivity index is 1.34. The van der Waals surface area contributed by atoms with Crippen LogP contribution in [0.3, 0.4) is 0 Å². The fourth-order valence-electron chi connectivity index (χ4n) is 3.48. The lowest BCUT2D eigenvalue weighted by molar-refractivity contribution is -0.132. The highest BCUT2D eigenvalue weighted by Crippen LogP contribution is 2.07. The third-order valence-corrected chi connectivity index (χ3v) is 5.19. The first-order valence-electron chi connectivity index (χ1n) is 10.0. The quantitative estimate of drug-likeness (QED) is 0.804. The summed E-state index contributed by atoms with van der Waals surface area (Å²) >= 11 is 0. The minimum absolute atomic E-state index is 0.118. The zero-order valence-electron chi connectivity index (χ0n) is 16.6. The smallest absolute Gasteiger partial charge is 0.251 e. The predicted octanol–water partition coefficient (Wildman–Crippen LogP) is 2.50. The largest absolute Gasteiger partial charge is 0.352 e. The van der Waals surface area contributed by atoms with Gasteiger partial charge in [-0.2, -0.15) is 0 Å². The summed E-state index contributed by atoms with van der Waals surface area (Å²) in [4.78, 5) is 28.9. The fourth-order valence-corrected chi connectivity index (χ4v) is 3.48. The van der Waals surface area contributed by atoms with Crippen molar-refractivity contribution in [2.75, 3.05) is 39.3 Å². The Labute approximate surface area is 167 Å². The maximum Gasteiger partial charge on any atom is 0.251 e. The highest BCUT2D eigenvalue weighted by atomic mass is 16.2. The van der Waals surface area contributed by atoms with Crippen LogP contribution in [0.5, 0.6) is 0 Å². The number of aryl methyl sites for hydroxylation is 1. The summed E-state index contributed by atoms with van der Waals surface area (Å²) in [5.74, 6) is -0.00511. The topological polar surface area (TPSA) is 52.7 Å². The summed E-state index contributed by atoms with van der Waals surface area (Å²) in [6.07, 6.45) is 1.39. The van der Waals surface area contributed by atoms with Crippen LogP contribution in [-0.2, 0) is 11.2 Å². The first kappa shape index (κ1) is 20.1. The van der Waals surface area contributed by atoms with Crippen molar-refractivity contribution < 1.29 is 9.59 Å². The molecule has 2 aromatic rings.